The Bertz CT molecular complexity index is 380. The number of nitrogens with one attached hydrogen (secondary N) is 2. The number of carboxylic acid groups (broad SMARTS) is 1. The molecule has 0 aromatic carbocycles. The highest BCUT2D eigenvalue weighted by molar-refractivity contribution is 6.39. The highest BCUT2D eigenvalue weighted by Gasteiger charge is 2.24. The van der Waals surface area contributed by atoms with Crippen LogP contribution in [-0.4, -0.2) is 48.4 Å². The fourth-order valence-corrected chi connectivity index (χ4v) is 1.37. The van der Waals surface area contributed by atoms with Gasteiger partial charge in [0.2, 0.25) is 5.91 Å². The Hall–Kier alpha value is -1.96. The Kier molecular flexibility index (Phi) is 5.25. The monoisotopic (exact) mass is 257 g/mol. The van der Waals surface area contributed by atoms with Gasteiger partial charge in [0.15, 0.2) is 0 Å². The van der Waals surface area contributed by atoms with Crippen LogP contribution in [0.25, 0.3) is 0 Å². The van der Waals surface area contributed by atoms with Crippen LogP contribution in [0.1, 0.15) is 19.3 Å². The van der Waals surface area contributed by atoms with E-state index in [1.807, 2.05) is 0 Å². The van der Waals surface area contributed by atoms with E-state index < -0.39 is 17.9 Å². The third-order valence-corrected chi connectivity index (χ3v) is 2.38. The lowest BCUT2D eigenvalue weighted by Crippen LogP contribution is -2.46. The second-order valence-electron chi connectivity index (χ2n) is 3.74. The quantitative estimate of drug-likeness (QED) is 0.556. The van der Waals surface area contributed by atoms with Crippen LogP contribution in [0.4, 0.5) is 0 Å². The minimum absolute atomic E-state index is 0.123. The number of hydrazone groups is 1. The fraction of sp³-hybridized carbons (Fsp3) is 0.600. The minimum Gasteiger partial charge on any atom is -0.480 e. The normalized spacial score (nSPS) is 16.5. The van der Waals surface area contributed by atoms with Gasteiger partial charge in [-0.15, -0.1) is 0 Å². The van der Waals surface area contributed by atoms with Gasteiger partial charge in [0.05, 0.1) is 0 Å². The highest BCUT2D eigenvalue weighted by atomic mass is 16.5. The van der Waals surface area contributed by atoms with Gasteiger partial charge in [-0.25, -0.2) is 10.2 Å². The van der Waals surface area contributed by atoms with E-state index >= 15 is 0 Å². The van der Waals surface area contributed by atoms with E-state index in [9.17, 15) is 14.4 Å². The topological polar surface area (TPSA) is 117 Å². The lowest BCUT2D eigenvalue weighted by atomic mass is 10.1. The summed E-state index contributed by atoms with van der Waals surface area (Å²) in [4.78, 5) is 33.4. The number of methoxy groups -OCH3 is 1. The first-order valence-electron chi connectivity index (χ1n) is 5.42. The Balaban J connectivity index is 2.55. The van der Waals surface area contributed by atoms with E-state index in [1.54, 1.807) is 0 Å². The largest absolute Gasteiger partial charge is 0.480 e. The molecule has 0 aromatic rings. The summed E-state index contributed by atoms with van der Waals surface area (Å²) in [7, 11) is 1.45. The van der Waals surface area contributed by atoms with Gasteiger partial charge in [-0.3, -0.25) is 9.59 Å². The molecule has 1 rings (SSSR count). The average Bonchev–Trinajstić information content (AvgIpc) is 2.34. The van der Waals surface area contributed by atoms with E-state index in [0.29, 0.717) is 0 Å². The van der Waals surface area contributed by atoms with Crippen molar-refractivity contribution in [2.24, 2.45) is 5.10 Å². The predicted octanol–water partition coefficient (Wildman–Crippen LogP) is -1.14. The highest BCUT2D eigenvalue weighted by Crippen LogP contribution is 2.01. The Morgan fingerprint density at radius 2 is 2.28 bits per heavy atom. The summed E-state index contributed by atoms with van der Waals surface area (Å²) in [5.41, 5.74) is 2.30. The molecule has 18 heavy (non-hydrogen) atoms. The Morgan fingerprint density at radius 3 is 2.78 bits per heavy atom. The molecule has 0 fully saturated rings. The van der Waals surface area contributed by atoms with E-state index in [1.165, 1.54) is 7.11 Å². The Morgan fingerprint density at radius 1 is 1.56 bits per heavy atom. The molecule has 1 atom stereocenters. The zero-order valence-corrected chi connectivity index (χ0v) is 9.93. The number of carbonyl (C=O) groups is 3. The first-order valence-corrected chi connectivity index (χ1v) is 5.42. The van der Waals surface area contributed by atoms with Gasteiger partial charge in [0, 0.05) is 33.0 Å². The molecule has 0 radical (unpaired) electrons. The summed E-state index contributed by atoms with van der Waals surface area (Å²) in [6.45, 7) is 0.223. The van der Waals surface area contributed by atoms with Crippen molar-refractivity contribution in [2.75, 3.05) is 13.7 Å². The molecule has 0 aromatic heterocycles. The third kappa shape index (κ3) is 4.13. The molecule has 0 bridgehead atoms. The van der Waals surface area contributed by atoms with Crippen LogP contribution in [0.3, 0.4) is 0 Å². The van der Waals surface area contributed by atoms with Crippen LogP contribution in [0.15, 0.2) is 5.10 Å². The lowest BCUT2D eigenvalue weighted by molar-refractivity contribution is -0.141. The number of carbonyl (C=O) groups excluding carboxylic acids is 2. The van der Waals surface area contributed by atoms with E-state index in [-0.39, 0.29) is 37.5 Å². The average molecular weight is 257 g/mol. The zero-order valence-electron chi connectivity index (χ0n) is 9.93. The lowest BCUT2D eigenvalue weighted by Gasteiger charge is -2.16. The van der Waals surface area contributed by atoms with E-state index in [4.69, 9.17) is 9.84 Å². The number of hydrogen-bond acceptors (Lipinski definition) is 5. The summed E-state index contributed by atoms with van der Waals surface area (Å²) in [6, 6.07) is -1.03. The molecule has 1 heterocycles. The third-order valence-electron chi connectivity index (χ3n) is 2.38. The molecular formula is C10H15N3O5. The number of amides is 2. The Labute approximate surface area is 103 Å². The van der Waals surface area contributed by atoms with Gasteiger partial charge in [0.25, 0.3) is 5.91 Å². The van der Waals surface area contributed by atoms with Crippen molar-refractivity contribution in [1.82, 2.24) is 10.7 Å². The molecule has 8 heteroatoms. The first-order chi connectivity index (χ1) is 8.54. The first kappa shape index (κ1) is 14.1. The number of carboxylic acids is 1. The molecule has 100 valence electrons. The van der Waals surface area contributed by atoms with Crippen LogP contribution in [0.2, 0.25) is 0 Å². The molecule has 0 spiro atoms. The number of aliphatic carboxylic acids is 1. The number of ether oxygens (including phenoxy) is 1. The van der Waals surface area contributed by atoms with Gasteiger partial charge >= 0.3 is 5.97 Å². The smallest absolute Gasteiger partial charge is 0.326 e. The summed E-state index contributed by atoms with van der Waals surface area (Å²) in [5, 5.41) is 14.8. The molecule has 2 amide bonds. The van der Waals surface area contributed by atoms with E-state index in [0.717, 1.165) is 0 Å². The van der Waals surface area contributed by atoms with Crippen LogP contribution in [0.5, 0.6) is 0 Å². The van der Waals surface area contributed by atoms with Crippen molar-refractivity contribution in [2.45, 2.75) is 25.3 Å². The maximum Gasteiger partial charge on any atom is 0.326 e. The fourth-order valence-electron chi connectivity index (χ4n) is 1.37. The van der Waals surface area contributed by atoms with Gasteiger partial charge in [-0.1, -0.05) is 0 Å². The van der Waals surface area contributed by atoms with Crippen molar-refractivity contribution in [3.63, 3.8) is 0 Å². The summed E-state index contributed by atoms with van der Waals surface area (Å²) >= 11 is 0. The summed E-state index contributed by atoms with van der Waals surface area (Å²) in [6.07, 6.45) is 0.535. The SMILES string of the molecule is COCCC(NC(=O)C1=NNC(=O)CC1)C(=O)O. The molecule has 0 aliphatic carbocycles. The van der Waals surface area contributed by atoms with Crippen molar-refractivity contribution < 1.29 is 24.2 Å². The number of rotatable bonds is 6. The molecule has 1 aliphatic heterocycles. The van der Waals surface area contributed by atoms with Crippen LogP contribution >= 0.6 is 0 Å². The van der Waals surface area contributed by atoms with E-state index in [2.05, 4.69) is 15.8 Å². The second kappa shape index (κ2) is 6.70. The van der Waals surface area contributed by atoms with Crippen molar-refractivity contribution in [1.29, 1.82) is 0 Å². The standard InChI is InChI=1S/C10H15N3O5/c1-18-5-4-7(10(16)17)11-9(15)6-2-3-8(14)13-12-6/h7H,2-5H2,1H3,(H,11,15)(H,13,14)(H,16,17). The predicted molar refractivity (Wildman–Crippen MR) is 60.9 cm³/mol. The van der Waals surface area contributed by atoms with Crippen LogP contribution in [0, 0.1) is 0 Å². The number of nitrogens with zero attached hydrogens (tertiary/aromatic N) is 1. The van der Waals surface area contributed by atoms with Gasteiger partial charge in [0.1, 0.15) is 11.8 Å². The maximum atomic E-state index is 11.7. The molecule has 3 N–H and O–H groups in total. The molecule has 8 nitrogen and oxygen atoms in total. The molecule has 1 aliphatic rings. The number of hydrogen-bond donors (Lipinski definition) is 3. The van der Waals surface area contributed by atoms with Gasteiger partial charge < -0.3 is 15.2 Å². The van der Waals surface area contributed by atoms with Crippen LogP contribution in [-0.2, 0) is 19.1 Å². The van der Waals surface area contributed by atoms with Crippen molar-refractivity contribution >= 4 is 23.5 Å². The summed E-state index contributed by atoms with van der Waals surface area (Å²) in [5.74, 6) is -1.99. The van der Waals surface area contributed by atoms with Crippen molar-refractivity contribution in [3.8, 4) is 0 Å². The van der Waals surface area contributed by atoms with Crippen LogP contribution < -0.4 is 10.7 Å². The molecule has 1 unspecified atom stereocenters. The second-order valence-corrected chi connectivity index (χ2v) is 3.74. The maximum absolute atomic E-state index is 11.7. The molecule has 0 saturated heterocycles. The van der Waals surface area contributed by atoms with Crippen molar-refractivity contribution in [3.05, 3.63) is 0 Å². The van der Waals surface area contributed by atoms with Gasteiger partial charge in [-0.2, -0.15) is 5.10 Å². The van der Waals surface area contributed by atoms with Gasteiger partial charge in [-0.05, 0) is 0 Å². The zero-order chi connectivity index (χ0) is 13.5. The molecular weight excluding hydrogens is 242 g/mol. The minimum atomic E-state index is -1.14. The molecule has 0 saturated carbocycles. The summed E-state index contributed by atoms with van der Waals surface area (Å²) < 4.78 is 4.76.